The van der Waals surface area contributed by atoms with E-state index in [1.807, 2.05) is 0 Å². The quantitative estimate of drug-likeness (QED) is 0.876. The van der Waals surface area contributed by atoms with Crippen LogP contribution in [0.2, 0.25) is 0 Å². The number of nitrogens with one attached hydrogen (secondary N) is 1. The molecule has 2 aromatic rings. The van der Waals surface area contributed by atoms with Gasteiger partial charge in [-0.3, -0.25) is 0 Å². The number of rotatable bonds is 5. The summed E-state index contributed by atoms with van der Waals surface area (Å²) in [5.74, 6) is 0. The van der Waals surface area contributed by atoms with Crippen molar-refractivity contribution < 1.29 is 21.6 Å². The van der Waals surface area contributed by atoms with Crippen LogP contribution in [0.1, 0.15) is 23.2 Å². The largest absolute Gasteiger partial charge is 0.511 e. The zero-order valence-corrected chi connectivity index (χ0v) is 12.7. The standard InChI is InChI=1S/C15H15F3N2O2S/c16-15(17,18)23(21,22)20-14(12-9-5-2-6-10-12)13(19)11-7-3-1-4-8-11/h1-10,13-14,20H,19H2/t13-,14+/m0/s1. The molecule has 0 unspecified atom stereocenters. The Hall–Kier alpha value is -1.90. The van der Waals surface area contributed by atoms with Crippen molar-refractivity contribution in [1.82, 2.24) is 4.72 Å². The zero-order valence-electron chi connectivity index (χ0n) is 11.9. The summed E-state index contributed by atoms with van der Waals surface area (Å²) in [6.07, 6.45) is 0. The summed E-state index contributed by atoms with van der Waals surface area (Å²) in [6.45, 7) is 0. The van der Waals surface area contributed by atoms with Gasteiger partial charge in [0.2, 0.25) is 0 Å². The molecule has 0 bridgehead atoms. The van der Waals surface area contributed by atoms with Gasteiger partial charge in [-0.15, -0.1) is 0 Å². The monoisotopic (exact) mass is 344 g/mol. The lowest BCUT2D eigenvalue weighted by Crippen LogP contribution is -2.42. The fraction of sp³-hybridized carbons (Fsp3) is 0.200. The highest BCUT2D eigenvalue weighted by Crippen LogP contribution is 2.31. The predicted octanol–water partition coefficient (Wildman–Crippen LogP) is 2.87. The predicted molar refractivity (Wildman–Crippen MR) is 80.7 cm³/mol. The van der Waals surface area contributed by atoms with Gasteiger partial charge >= 0.3 is 15.5 Å². The molecule has 0 aromatic heterocycles. The average Bonchev–Trinajstić information content (AvgIpc) is 2.52. The summed E-state index contributed by atoms with van der Waals surface area (Å²) in [4.78, 5) is 0. The van der Waals surface area contributed by atoms with Crippen LogP contribution in [0.15, 0.2) is 60.7 Å². The first kappa shape index (κ1) is 17.5. The van der Waals surface area contributed by atoms with Gasteiger partial charge in [0.1, 0.15) is 0 Å². The molecule has 8 heteroatoms. The van der Waals surface area contributed by atoms with E-state index in [1.165, 1.54) is 12.1 Å². The van der Waals surface area contributed by atoms with Crippen molar-refractivity contribution in [3.8, 4) is 0 Å². The average molecular weight is 344 g/mol. The second-order valence-electron chi connectivity index (χ2n) is 4.89. The lowest BCUT2D eigenvalue weighted by molar-refractivity contribution is -0.0451. The number of sulfonamides is 1. The van der Waals surface area contributed by atoms with Gasteiger partial charge in [0, 0.05) is 0 Å². The van der Waals surface area contributed by atoms with Gasteiger partial charge in [0.05, 0.1) is 12.1 Å². The second-order valence-corrected chi connectivity index (χ2v) is 6.60. The van der Waals surface area contributed by atoms with Crippen molar-refractivity contribution >= 4 is 10.0 Å². The highest BCUT2D eigenvalue weighted by Gasteiger charge is 2.47. The van der Waals surface area contributed by atoms with Crippen molar-refractivity contribution in [2.24, 2.45) is 5.73 Å². The molecule has 0 fully saturated rings. The normalized spacial score (nSPS) is 15.1. The Morgan fingerprint density at radius 3 is 1.74 bits per heavy atom. The Morgan fingerprint density at radius 1 is 0.870 bits per heavy atom. The summed E-state index contributed by atoms with van der Waals surface area (Å²) in [5, 5.41) is 0. The van der Waals surface area contributed by atoms with Crippen LogP contribution >= 0.6 is 0 Å². The van der Waals surface area contributed by atoms with Crippen molar-refractivity contribution in [1.29, 1.82) is 0 Å². The third-order valence-corrected chi connectivity index (χ3v) is 4.46. The molecule has 0 radical (unpaired) electrons. The van der Waals surface area contributed by atoms with E-state index in [1.54, 1.807) is 53.3 Å². The van der Waals surface area contributed by atoms with Gasteiger partial charge in [-0.05, 0) is 11.1 Å². The number of alkyl halides is 3. The lowest BCUT2D eigenvalue weighted by atomic mass is 9.95. The van der Waals surface area contributed by atoms with E-state index in [9.17, 15) is 21.6 Å². The third-order valence-electron chi connectivity index (χ3n) is 3.29. The van der Waals surface area contributed by atoms with E-state index in [4.69, 9.17) is 5.73 Å². The van der Waals surface area contributed by atoms with Crippen LogP contribution in [0, 0.1) is 0 Å². The van der Waals surface area contributed by atoms with Crippen LogP contribution in [0.3, 0.4) is 0 Å². The Balaban J connectivity index is 2.42. The van der Waals surface area contributed by atoms with Crippen LogP contribution in [-0.4, -0.2) is 13.9 Å². The molecule has 0 aliphatic carbocycles. The highest BCUT2D eigenvalue weighted by atomic mass is 32.2. The number of hydrogen-bond donors (Lipinski definition) is 2. The topological polar surface area (TPSA) is 72.2 Å². The van der Waals surface area contributed by atoms with E-state index < -0.39 is 27.6 Å². The molecule has 4 nitrogen and oxygen atoms in total. The summed E-state index contributed by atoms with van der Waals surface area (Å²) in [7, 11) is -5.53. The minimum absolute atomic E-state index is 0.344. The van der Waals surface area contributed by atoms with E-state index in [0.29, 0.717) is 11.1 Å². The number of halogens is 3. The molecule has 0 spiro atoms. The molecule has 2 rings (SSSR count). The Kier molecular flexibility index (Phi) is 5.08. The molecule has 0 aliphatic rings. The molecular weight excluding hydrogens is 329 g/mol. The SMILES string of the molecule is N[C@@H](c1ccccc1)[C@H](NS(=O)(=O)C(F)(F)F)c1ccccc1. The minimum Gasteiger partial charge on any atom is -0.322 e. The first-order valence-corrected chi connectivity index (χ1v) is 8.15. The van der Waals surface area contributed by atoms with Gasteiger partial charge < -0.3 is 5.73 Å². The Bertz CT molecular complexity index is 734. The van der Waals surface area contributed by atoms with Crippen molar-refractivity contribution in [3.63, 3.8) is 0 Å². The maximum atomic E-state index is 12.7. The van der Waals surface area contributed by atoms with Gasteiger partial charge in [0.25, 0.3) is 0 Å². The first-order valence-electron chi connectivity index (χ1n) is 6.66. The molecule has 0 saturated carbocycles. The van der Waals surface area contributed by atoms with Gasteiger partial charge in [-0.2, -0.15) is 17.9 Å². The van der Waals surface area contributed by atoms with Crippen LogP contribution < -0.4 is 10.5 Å². The van der Waals surface area contributed by atoms with Crippen LogP contribution in [0.5, 0.6) is 0 Å². The number of hydrogen-bond acceptors (Lipinski definition) is 3. The minimum atomic E-state index is -5.53. The van der Waals surface area contributed by atoms with Crippen molar-refractivity contribution in [2.75, 3.05) is 0 Å². The molecule has 0 saturated heterocycles. The molecule has 3 N–H and O–H groups in total. The second kappa shape index (κ2) is 6.69. The first-order chi connectivity index (χ1) is 10.7. The zero-order chi connectivity index (χ0) is 17.1. The number of nitrogens with two attached hydrogens (primary N) is 1. The van der Waals surface area contributed by atoms with Crippen LogP contribution in [0.25, 0.3) is 0 Å². The molecule has 23 heavy (non-hydrogen) atoms. The fourth-order valence-corrected chi connectivity index (χ4v) is 2.86. The Labute approximate surface area is 132 Å². The lowest BCUT2D eigenvalue weighted by Gasteiger charge is -2.26. The Morgan fingerprint density at radius 2 is 1.30 bits per heavy atom. The maximum Gasteiger partial charge on any atom is 0.511 e. The summed E-state index contributed by atoms with van der Waals surface area (Å²) in [6, 6.07) is 14.0. The number of benzene rings is 2. The molecule has 0 aliphatic heterocycles. The molecule has 0 amide bonds. The highest BCUT2D eigenvalue weighted by molar-refractivity contribution is 7.90. The van der Waals surface area contributed by atoms with E-state index >= 15 is 0 Å². The molecule has 2 atom stereocenters. The smallest absolute Gasteiger partial charge is 0.322 e. The third kappa shape index (κ3) is 4.10. The van der Waals surface area contributed by atoms with E-state index in [-0.39, 0.29) is 0 Å². The van der Waals surface area contributed by atoms with Crippen LogP contribution in [0.4, 0.5) is 13.2 Å². The van der Waals surface area contributed by atoms with Crippen molar-refractivity contribution in [3.05, 3.63) is 71.8 Å². The summed E-state index contributed by atoms with van der Waals surface area (Å²) >= 11 is 0. The summed E-state index contributed by atoms with van der Waals surface area (Å²) < 4.78 is 62.7. The van der Waals surface area contributed by atoms with Crippen molar-refractivity contribution in [2.45, 2.75) is 17.6 Å². The molecule has 2 aromatic carbocycles. The maximum absolute atomic E-state index is 12.7. The van der Waals surface area contributed by atoms with Gasteiger partial charge in [-0.25, -0.2) is 8.42 Å². The van der Waals surface area contributed by atoms with Gasteiger partial charge in [-0.1, -0.05) is 60.7 Å². The molecule has 124 valence electrons. The molecule has 0 heterocycles. The van der Waals surface area contributed by atoms with E-state index in [0.717, 1.165) is 0 Å². The van der Waals surface area contributed by atoms with Crippen LogP contribution in [-0.2, 0) is 10.0 Å². The van der Waals surface area contributed by atoms with E-state index in [2.05, 4.69) is 0 Å². The molecular formula is C15H15F3N2O2S. The van der Waals surface area contributed by atoms with Gasteiger partial charge in [0.15, 0.2) is 0 Å². The fourth-order valence-electron chi connectivity index (χ4n) is 2.11. The summed E-state index contributed by atoms with van der Waals surface area (Å²) in [5.41, 5.74) is 1.48.